The van der Waals surface area contributed by atoms with Gasteiger partial charge in [0, 0.05) is 19.0 Å². The lowest BCUT2D eigenvalue weighted by atomic mass is 9.97. The number of piperidine rings is 1. The number of nitrogens with one attached hydrogen (secondary N) is 1. The second-order valence-electron chi connectivity index (χ2n) is 6.70. The van der Waals surface area contributed by atoms with E-state index in [1.54, 1.807) is 11.6 Å². The Balaban J connectivity index is 1.41. The highest BCUT2D eigenvalue weighted by Crippen LogP contribution is 2.29. The number of fused-ring (bicyclic) bond motifs is 1. The first-order valence-corrected chi connectivity index (χ1v) is 11.0. The Morgan fingerprint density at radius 2 is 1.96 bits per heavy atom. The number of amides is 1. The van der Waals surface area contributed by atoms with E-state index in [1.165, 1.54) is 21.2 Å². The van der Waals surface area contributed by atoms with E-state index in [0.29, 0.717) is 36.0 Å². The van der Waals surface area contributed by atoms with Crippen molar-refractivity contribution in [2.45, 2.75) is 37.0 Å². The predicted molar refractivity (Wildman–Crippen MR) is 98.5 cm³/mol. The molecule has 0 atom stereocenters. The largest absolute Gasteiger partial charge is 0.300 e. The highest BCUT2D eigenvalue weighted by atomic mass is 32.2. The Bertz CT molecular complexity index is 904. The van der Waals surface area contributed by atoms with Crippen molar-refractivity contribution in [3.05, 3.63) is 34.8 Å². The summed E-state index contributed by atoms with van der Waals surface area (Å²) in [6.45, 7) is 0.710. The molecule has 1 fully saturated rings. The molecule has 7 nitrogen and oxygen atoms in total. The Hall–Kier alpha value is -1.84. The fraction of sp³-hybridized carbons (Fsp3) is 0.471. The zero-order valence-electron chi connectivity index (χ0n) is 14.2. The lowest BCUT2D eigenvalue weighted by Gasteiger charge is -2.30. The molecule has 1 aromatic carbocycles. The number of hydrogen-bond donors (Lipinski definition) is 1. The van der Waals surface area contributed by atoms with Gasteiger partial charge in [0.1, 0.15) is 5.51 Å². The molecule has 0 bridgehead atoms. The summed E-state index contributed by atoms with van der Waals surface area (Å²) in [6, 6.07) is 5.48. The number of aromatic nitrogens is 2. The molecule has 2 aliphatic rings. The topological polar surface area (TPSA) is 92.3 Å². The van der Waals surface area contributed by atoms with Crippen LogP contribution in [0.25, 0.3) is 0 Å². The van der Waals surface area contributed by atoms with Gasteiger partial charge in [-0.3, -0.25) is 4.79 Å². The van der Waals surface area contributed by atoms with E-state index in [-0.39, 0.29) is 11.8 Å². The molecule has 0 radical (unpaired) electrons. The normalized spacial score (nSPS) is 18.6. The third kappa shape index (κ3) is 3.38. The molecule has 4 rings (SSSR count). The standard InChI is InChI=1S/C17H20N4O3S2/c22-16(19-17-20-18-11-25-17)13-6-8-21(9-7-13)26(23,24)15-5-4-12-2-1-3-14(12)10-15/h4-5,10-11,13H,1-3,6-9H2,(H,19,20,22). The van der Waals surface area contributed by atoms with Crippen LogP contribution in [0, 0.1) is 5.92 Å². The van der Waals surface area contributed by atoms with Gasteiger partial charge in [0.15, 0.2) is 0 Å². The first kappa shape index (κ1) is 17.6. The Kier molecular flexibility index (Phi) is 4.76. The van der Waals surface area contributed by atoms with E-state index < -0.39 is 10.0 Å². The second kappa shape index (κ2) is 7.05. The molecule has 26 heavy (non-hydrogen) atoms. The van der Waals surface area contributed by atoms with E-state index in [9.17, 15) is 13.2 Å². The maximum absolute atomic E-state index is 12.9. The molecule has 1 N–H and O–H groups in total. The summed E-state index contributed by atoms with van der Waals surface area (Å²) >= 11 is 1.27. The second-order valence-corrected chi connectivity index (χ2v) is 9.47. The van der Waals surface area contributed by atoms with Gasteiger partial charge in [-0.25, -0.2) is 8.42 Å². The van der Waals surface area contributed by atoms with Crippen LogP contribution >= 0.6 is 11.3 Å². The number of anilines is 1. The van der Waals surface area contributed by atoms with Crippen molar-refractivity contribution in [1.29, 1.82) is 0 Å². The summed E-state index contributed by atoms with van der Waals surface area (Å²) in [7, 11) is -3.50. The maximum Gasteiger partial charge on any atom is 0.243 e. The lowest BCUT2D eigenvalue weighted by Crippen LogP contribution is -2.41. The minimum atomic E-state index is -3.50. The molecule has 1 aromatic heterocycles. The van der Waals surface area contributed by atoms with Crippen molar-refractivity contribution >= 4 is 32.4 Å². The minimum absolute atomic E-state index is 0.115. The zero-order chi connectivity index (χ0) is 18.1. The Labute approximate surface area is 156 Å². The quantitative estimate of drug-likeness (QED) is 0.860. The van der Waals surface area contributed by atoms with Gasteiger partial charge in [0.05, 0.1) is 4.90 Å². The molecule has 138 valence electrons. The van der Waals surface area contributed by atoms with Gasteiger partial charge in [0.2, 0.25) is 21.1 Å². The van der Waals surface area contributed by atoms with Crippen LogP contribution in [0.1, 0.15) is 30.4 Å². The molecular weight excluding hydrogens is 372 g/mol. The fourth-order valence-corrected chi connectivity index (χ4v) is 5.62. The molecule has 2 heterocycles. The predicted octanol–water partition coefficient (Wildman–Crippen LogP) is 2.07. The molecule has 1 amide bonds. The summed E-state index contributed by atoms with van der Waals surface area (Å²) in [6.07, 6.45) is 4.09. The van der Waals surface area contributed by atoms with Crippen molar-refractivity contribution in [2.75, 3.05) is 18.4 Å². The first-order chi connectivity index (χ1) is 12.5. The average Bonchev–Trinajstić information content (AvgIpc) is 3.32. The van der Waals surface area contributed by atoms with Crippen molar-refractivity contribution in [2.24, 2.45) is 5.92 Å². The van der Waals surface area contributed by atoms with Crippen LogP contribution in [-0.2, 0) is 27.7 Å². The number of sulfonamides is 1. The number of carbonyl (C=O) groups excluding carboxylic acids is 1. The van der Waals surface area contributed by atoms with Gasteiger partial charge in [-0.15, -0.1) is 10.2 Å². The lowest BCUT2D eigenvalue weighted by molar-refractivity contribution is -0.120. The number of aryl methyl sites for hydroxylation is 2. The Morgan fingerprint density at radius 3 is 2.69 bits per heavy atom. The van der Waals surface area contributed by atoms with Crippen molar-refractivity contribution in [3.63, 3.8) is 0 Å². The third-order valence-corrected chi connectivity index (χ3v) is 7.62. The molecule has 1 saturated heterocycles. The van der Waals surface area contributed by atoms with E-state index in [2.05, 4.69) is 15.5 Å². The van der Waals surface area contributed by atoms with E-state index in [4.69, 9.17) is 0 Å². The molecule has 0 saturated carbocycles. The monoisotopic (exact) mass is 392 g/mol. The highest BCUT2D eigenvalue weighted by Gasteiger charge is 2.32. The molecular formula is C17H20N4O3S2. The van der Waals surface area contributed by atoms with Crippen LogP contribution in [-0.4, -0.2) is 41.9 Å². The van der Waals surface area contributed by atoms with Crippen LogP contribution in [0.15, 0.2) is 28.6 Å². The number of hydrogen-bond acceptors (Lipinski definition) is 6. The smallest absolute Gasteiger partial charge is 0.243 e. The summed E-state index contributed by atoms with van der Waals surface area (Å²) < 4.78 is 27.4. The van der Waals surface area contributed by atoms with Crippen molar-refractivity contribution in [3.8, 4) is 0 Å². The van der Waals surface area contributed by atoms with E-state index >= 15 is 0 Å². The minimum Gasteiger partial charge on any atom is -0.300 e. The average molecular weight is 393 g/mol. The molecule has 2 aromatic rings. The van der Waals surface area contributed by atoms with Gasteiger partial charge < -0.3 is 5.32 Å². The van der Waals surface area contributed by atoms with Crippen LogP contribution in [0.5, 0.6) is 0 Å². The summed E-state index contributed by atoms with van der Waals surface area (Å²) in [5.41, 5.74) is 3.97. The van der Waals surface area contributed by atoms with Crippen LogP contribution in [0.2, 0.25) is 0 Å². The SMILES string of the molecule is O=C(Nc1nncs1)C1CCN(S(=O)(=O)c2ccc3c(c2)CCC3)CC1. The van der Waals surface area contributed by atoms with Gasteiger partial charge in [0.25, 0.3) is 0 Å². The first-order valence-electron chi connectivity index (χ1n) is 8.73. The zero-order valence-corrected chi connectivity index (χ0v) is 15.9. The van der Waals surface area contributed by atoms with E-state index in [1.807, 2.05) is 12.1 Å². The highest BCUT2D eigenvalue weighted by molar-refractivity contribution is 7.89. The van der Waals surface area contributed by atoms with Gasteiger partial charge in [-0.05, 0) is 55.4 Å². The van der Waals surface area contributed by atoms with Crippen LogP contribution < -0.4 is 5.32 Å². The van der Waals surface area contributed by atoms with Crippen LogP contribution in [0.3, 0.4) is 0 Å². The summed E-state index contributed by atoms with van der Waals surface area (Å²) in [4.78, 5) is 12.6. The van der Waals surface area contributed by atoms with Gasteiger partial charge in [-0.1, -0.05) is 17.4 Å². The molecule has 0 spiro atoms. The van der Waals surface area contributed by atoms with Crippen LogP contribution in [0.4, 0.5) is 5.13 Å². The summed E-state index contributed by atoms with van der Waals surface area (Å²) in [5.74, 6) is -0.318. The van der Waals surface area contributed by atoms with Gasteiger partial charge in [-0.2, -0.15) is 4.31 Å². The fourth-order valence-electron chi connectivity index (χ4n) is 3.65. The number of nitrogens with zero attached hydrogens (tertiary/aromatic N) is 3. The summed E-state index contributed by atoms with van der Waals surface area (Å²) in [5, 5.41) is 10.7. The van der Waals surface area contributed by atoms with Crippen molar-refractivity contribution in [1.82, 2.24) is 14.5 Å². The molecule has 1 aliphatic heterocycles. The Morgan fingerprint density at radius 1 is 1.19 bits per heavy atom. The van der Waals surface area contributed by atoms with E-state index in [0.717, 1.165) is 24.8 Å². The van der Waals surface area contributed by atoms with Gasteiger partial charge >= 0.3 is 0 Å². The molecule has 9 heteroatoms. The maximum atomic E-state index is 12.9. The molecule has 1 aliphatic carbocycles. The third-order valence-electron chi connectivity index (χ3n) is 5.12. The number of rotatable bonds is 4. The number of benzene rings is 1. The number of carbonyl (C=O) groups is 1. The van der Waals surface area contributed by atoms with Crippen molar-refractivity contribution < 1.29 is 13.2 Å². The molecule has 0 unspecified atom stereocenters.